The van der Waals surface area contributed by atoms with E-state index in [-0.39, 0.29) is 1.43 Å². The van der Waals surface area contributed by atoms with E-state index in [0.717, 1.165) is 0 Å². The molecule has 10 heavy (non-hydrogen) atoms. The molecule has 0 aromatic carbocycles. The second-order valence-electron chi connectivity index (χ2n) is 1.07. The number of rotatable bonds is 0. The molecule has 0 fully saturated rings. The molecule has 0 spiro atoms. The minimum Gasteiger partial charge on any atom is -0.759 e. The highest BCUT2D eigenvalue weighted by Crippen LogP contribution is 2.02. The fourth-order valence-corrected chi connectivity index (χ4v) is 1.44. The minimum atomic E-state index is -5.17. The van der Waals surface area contributed by atoms with Gasteiger partial charge in [0.05, 0.1) is 5.38 Å². The molecule has 0 radical (unpaired) electrons. The molecule has 0 amide bonds. The molecule has 0 saturated carbocycles. The molecule has 0 aliphatic carbocycles. The lowest BCUT2D eigenvalue weighted by molar-refractivity contribution is 0.352. The second kappa shape index (κ2) is 4.69. The van der Waals surface area contributed by atoms with Crippen LogP contribution < -0.4 is 0 Å². The Morgan fingerprint density at radius 1 is 1.50 bits per heavy atom. The van der Waals surface area contributed by atoms with E-state index in [1.807, 2.05) is 6.07 Å². The van der Waals surface area contributed by atoms with E-state index in [4.69, 9.17) is 17.5 Å². The lowest BCUT2D eigenvalue weighted by atomic mass is 10.8. The van der Waals surface area contributed by atoms with Crippen LogP contribution >= 0.6 is 20.7 Å². The summed E-state index contributed by atoms with van der Waals surface area (Å²) in [4.78, 5) is 0. The molecule has 58 valence electrons. The van der Waals surface area contributed by atoms with Crippen LogP contribution in [-0.2, 0) is 10.4 Å². The van der Waals surface area contributed by atoms with Crippen LogP contribution in [0.25, 0.3) is 0 Å². The van der Waals surface area contributed by atoms with Crippen LogP contribution in [0.3, 0.4) is 0 Å². The summed E-state index contributed by atoms with van der Waals surface area (Å²) in [5.74, 6) is 0. The summed E-state index contributed by atoms with van der Waals surface area (Å²) in [6.45, 7) is 0. The average Bonchev–Trinajstić information content (AvgIpc) is 2.07. The third-order valence-electron chi connectivity index (χ3n) is 0.324. The van der Waals surface area contributed by atoms with Gasteiger partial charge in [-0.2, -0.15) is 0 Å². The van der Waals surface area contributed by atoms with E-state index in [0.29, 0.717) is 0 Å². The molecule has 1 heterocycles. The van der Waals surface area contributed by atoms with E-state index in [2.05, 4.69) is 10.8 Å². The first-order valence-electron chi connectivity index (χ1n) is 1.97. The Kier molecular flexibility index (Phi) is 4.65. The zero-order valence-corrected chi connectivity index (χ0v) is 7.04. The Hall–Kier alpha value is -0.0800. The monoisotopic (exact) mass is 200 g/mol. The van der Waals surface area contributed by atoms with Gasteiger partial charge in [0.15, 0.2) is 10.3 Å². The third kappa shape index (κ3) is 15.7. The van der Waals surface area contributed by atoms with Crippen molar-refractivity contribution >= 4 is 31.1 Å². The van der Waals surface area contributed by atoms with Gasteiger partial charge >= 0.3 is 1.43 Å². The summed E-state index contributed by atoms with van der Waals surface area (Å²) in [7, 11) is -1.66. The summed E-state index contributed by atoms with van der Waals surface area (Å²) in [5.41, 5.74) is 0. The van der Waals surface area contributed by atoms with Crippen molar-refractivity contribution in [1.29, 1.82) is 0 Å². The minimum absolute atomic E-state index is 0. The van der Waals surface area contributed by atoms with Crippen LogP contribution in [0.1, 0.15) is 1.43 Å². The highest BCUT2D eigenvalue weighted by molar-refractivity contribution is 7.79. The van der Waals surface area contributed by atoms with Crippen molar-refractivity contribution in [3.8, 4) is 0 Å². The van der Waals surface area contributed by atoms with Gasteiger partial charge in [-0.1, -0.05) is 0 Å². The maximum atomic E-state index is 8.52. The van der Waals surface area contributed by atoms with Crippen molar-refractivity contribution in [3.05, 3.63) is 16.8 Å². The molecule has 0 saturated heterocycles. The van der Waals surface area contributed by atoms with Crippen LogP contribution in [0.4, 0.5) is 0 Å². The predicted octanol–water partition coefficient (Wildman–Crippen LogP) is 0.865. The SMILES string of the molecule is O=S(=O)([O-])[O-].[H+].c1cs[s+]c1. The molecular weight excluding hydrogens is 196 g/mol. The van der Waals surface area contributed by atoms with E-state index >= 15 is 0 Å². The van der Waals surface area contributed by atoms with Crippen molar-refractivity contribution in [2.75, 3.05) is 0 Å². The quantitative estimate of drug-likeness (QED) is 0.269. The van der Waals surface area contributed by atoms with Crippen LogP contribution in [0.2, 0.25) is 0 Å². The first-order chi connectivity index (χ1) is 4.50. The Bertz CT molecular complexity index is 216. The van der Waals surface area contributed by atoms with Gasteiger partial charge in [-0.05, 0) is 0 Å². The number of hydrogen-bond acceptors (Lipinski definition) is 5. The Morgan fingerprint density at radius 3 is 2.10 bits per heavy atom. The molecule has 0 unspecified atom stereocenters. The van der Waals surface area contributed by atoms with Gasteiger partial charge in [0.1, 0.15) is 0 Å². The lowest BCUT2D eigenvalue weighted by Gasteiger charge is -2.06. The number of hydrogen-bond donors (Lipinski definition) is 0. The van der Waals surface area contributed by atoms with Gasteiger partial charge in [0.25, 0.3) is 10.3 Å². The maximum absolute atomic E-state index is 8.52. The molecule has 0 N–H and O–H groups in total. The van der Waals surface area contributed by atoms with Crippen LogP contribution in [-0.4, -0.2) is 17.5 Å². The van der Waals surface area contributed by atoms with Crippen LogP contribution in [0.5, 0.6) is 0 Å². The van der Waals surface area contributed by atoms with Gasteiger partial charge in [-0.25, -0.2) is 0 Å². The van der Waals surface area contributed by atoms with Gasteiger partial charge in [-0.3, -0.25) is 8.42 Å². The summed E-state index contributed by atoms with van der Waals surface area (Å²) in [6, 6.07) is 2.04. The molecule has 0 aliphatic heterocycles. The van der Waals surface area contributed by atoms with E-state index < -0.39 is 10.4 Å². The molecule has 7 heteroatoms. The van der Waals surface area contributed by atoms with E-state index in [1.54, 1.807) is 20.7 Å². The van der Waals surface area contributed by atoms with E-state index in [1.165, 1.54) is 0 Å². The molecular formula is C3H4O4S3. The lowest BCUT2D eigenvalue weighted by Crippen LogP contribution is -1.91. The molecule has 0 bridgehead atoms. The van der Waals surface area contributed by atoms with Crippen molar-refractivity contribution < 1.29 is 18.9 Å². The van der Waals surface area contributed by atoms with Crippen molar-refractivity contribution in [2.24, 2.45) is 0 Å². The first kappa shape index (κ1) is 9.92. The van der Waals surface area contributed by atoms with Crippen molar-refractivity contribution in [3.63, 3.8) is 0 Å². The topological polar surface area (TPSA) is 80.3 Å². The van der Waals surface area contributed by atoms with Crippen molar-refractivity contribution in [1.82, 2.24) is 0 Å². The second-order valence-corrected chi connectivity index (χ2v) is 3.97. The zero-order valence-electron chi connectivity index (χ0n) is 5.59. The first-order valence-corrected chi connectivity index (χ1v) is 5.58. The summed E-state index contributed by atoms with van der Waals surface area (Å²) in [6.07, 6.45) is 0. The molecule has 1 rings (SSSR count). The fourth-order valence-electron chi connectivity index (χ4n) is 0.160. The molecule has 0 atom stereocenters. The maximum Gasteiger partial charge on any atom is 1.00 e. The molecule has 1 aromatic rings. The molecule has 4 nitrogen and oxygen atoms in total. The van der Waals surface area contributed by atoms with Gasteiger partial charge in [0.2, 0.25) is 5.38 Å². The Labute approximate surface area is 67.2 Å². The molecule has 1 aromatic heterocycles. The highest BCUT2D eigenvalue weighted by atomic mass is 32.9. The predicted molar refractivity (Wildman–Crippen MR) is 38.2 cm³/mol. The van der Waals surface area contributed by atoms with Gasteiger partial charge in [-0.15, -0.1) is 0 Å². The third-order valence-corrected chi connectivity index (χ3v) is 1.97. The molecule has 0 aliphatic rings. The largest absolute Gasteiger partial charge is 1.00 e. The highest BCUT2D eigenvalue weighted by Gasteiger charge is 1.79. The fraction of sp³-hybridized carbons (Fsp3) is 0. The summed E-state index contributed by atoms with van der Waals surface area (Å²) < 4.78 is 34.1. The standard InChI is InChI=1S/C3H3S2.H2O4S/c1-2-4-5-3-1;1-5(2,3)4/h1-3H;(H2,1,2,3,4)/q+1;/p-1. The summed E-state index contributed by atoms with van der Waals surface area (Å²) >= 11 is 0. The van der Waals surface area contributed by atoms with E-state index in [9.17, 15) is 0 Å². The van der Waals surface area contributed by atoms with Gasteiger partial charge in [0, 0.05) is 16.5 Å². The Balaban J connectivity index is 0. The van der Waals surface area contributed by atoms with Crippen molar-refractivity contribution in [2.45, 2.75) is 0 Å². The average molecular weight is 200 g/mol. The van der Waals surface area contributed by atoms with Crippen LogP contribution in [0.15, 0.2) is 16.8 Å². The van der Waals surface area contributed by atoms with Crippen LogP contribution in [0, 0.1) is 0 Å². The Morgan fingerprint density at radius 2 is 2.00 bits per heavy atom. The summed E-state index contributed by atoms with van der Waals surface area (Å²) in [5, 5.41) is 4.12. The normalized spacial score (nSPS) is 9.80. The van der Waals surface area contributed by atoms with Gasteiger partial charge < -0.3 is 9.11 Å². The smallest absolute Gasteiger partial charge is 0.759 e. The zero-order chi connectivity index (χ0) is 8.04.